The van der Waals surface area contributed by atoms with Crippen molar-refractivity contribution in [1.29, 1.82) is 0 Å². The van der Waals surface area contributed by atoms with E-state index in [0.29, 0.717) is 6.61 Å². The molecule has 2 aromatic rings. The van der Waals surface area contributed by atoms with Crippen LogP contribution in [0.5, 0.6) is 0 Å². The van der Waals surface area contributed by atoms with Gasteiger partial charge in [0.25, 0.3) is 0 Å². The lowest BCUT2D eigenvalue weighted by Crippen LogP contribution is -2.38. The Morgan fingerprint density at radius 2 is 2.07 bits per heavy atom. The van der Waals surface area contributed by atoms with Crippen molar-refractivity contribution < 1.29 is 27.8 Å². The SMILES string of the molecule is COCC1c2nnn(CC3CC3)c2CCN1Cc1cnn(C)c1.O=C(O)C(F)(F)F. The molecule has 2 aromatic heterocycles. The summed E-state index contributed by atoms with van der Waals surface area (Å²) in [6, 6.07) is 0.178. The Hall–Kier alpha value is -2.47. The van der Waals surface area contributed by atoms with Crippen molar-refractivity contribution in [2.45, 2.75) is 44.6 Å². The molecule has 0 amide bonds. The Kier molecular flexibility index (Phi) is 6.76. The fourth-order valence-electron chi connectivity index (χ4n) is 3.45. The Balaban J connectivity index is 0.000000318. The highest BCUT2D eigenvalue weighted by atomic mass is 19.4. The Morgan fingerprint density at radius 3 is 2.60 bits per heavy atom. The molecule has 1 atom stereocenters. The van der Waals surface area contributed by atoms with Gasteiger partial charge < -0.3 is 9.84 Å². The van der Waals surface area contributed by atoms with E-state index in [1.54, 1.807) is 7.11 Å². The molecule has 9 nitrogen and oxygen atoms in total. The highest BCUT2D eigenvalue weighted by Gasteiger charge is 2.38. The molecule has 1 unspecified atom stereocenters. The molecule has 166 valence electrons. The number of carboxylic acid groups (broad SMARTS) is 1. The molecule has 12 heteroatoms. The van der Waals surface area contributed by atoms with Crippen molar-refractivity contribution >= 4 is 5.97 Å². The Morgan fingerprint density at radius 1 is 1.37 bits per heavy atom. The monoisotopic (exact) mass is 430 g/mol. The van der Waals surface area contributed by atoms with E-state index in [1.165, 1.54) is 24.1 Å². The number of aromatic nitrogens is 5. The standard InChI is InChI=1S/C16H24N6O.C2HF3O2/c1-20-8-13(7-17-20)9-21-6-5-14-16(15(21)11-23-2)18-19-22(14)10-12-3-4-12;3-2(4,5)1(6)7/h7-8,12,15H,3-6,9-11H2,1-2H3;(H,6,7). The smallest absolute Gasteiger partial charge is 0.475 e. The molecule has 0 bridgehead atoms. The predicted molar refractivity (Wildman–Crippen MR) is 98.4 cm³/mol. The first-order chi connectivity index (χ1) is 14.2. The molecular formula is C18H25F3N6O3. The number of ether oxygens (including phenoxy) is 1. The van der Waals surface area contributed by atoms with E-state index in [9.17, 15) is 13.2 Å². The quantitative estimate of drug-likeness (QED) is 0.746. The van der Waals surface area contributed by atoms with E-state index in [2.05, 4.69) is 31.2 Å². The Bertz CT molecular complexity index is 862. The lowest BCUT2D eigenvalue weighted by atomic mass is 10.0. The average molecular weight is 430 g/mol. The number of carbonyl (C=O) groups is 1. The number of alkyl halides is 3. The van der Waals surface area contributed by atoms with Crippen molar-refractivity contribution in [2.24, 2.45) is 13.0 Å². The van der Waals surface area contributed by atoms with E-state index < -0.39 is 12.1 Å². The van der Waals surface area contributed by atoms with Gasteiger partial charge in [-0.15, -0.1) is 5.10 Å². The minimum atomic E-state index is -5.08. The van der Waals surface area contributed by atoms with Crippen molar-refractivity contribution in [3.05, 3.63) is 29.3 Å². The lowest BCUT2D eigenvalue weighted by molar-refractivity contribution is -0.192. The number of rotatable bonds is 6. The third-order valence-electron chi connectivity index (χ3n) is 5.10. The molecule has 0 spiro atoms. The first-order valence-electron chi connectivity index (χ1n) is 9.62. The maximum atomic E-state index is 10.6. The van der Waals surface area contributed by atoms with Crippen molar-refractivity contribution in [3.8, 4) is 0 Å². The summed E-state index contributed by atoms with van der Waals surface area (Å²) in [6.07, 6.45) is 2.61. The van der Waals surface area contributed by atoms with Crippen LogP contribution in [0.4, 0.5) is 13.2 Å². The topological polar surface area (TPSA) is 98.3 Å². The number of carboxylic acids is 1. The van der Waals surface area contributed by atoms with Crippen molar-refractivity contribution in [3.63, 3.8) is 0 Å². The zero-order valence-electron chi connectivity index (χ0n) is 16.8. The van der Waals surface area contributed by atoms with Crippen LogP contribution in [0.15, 0.2) is 12.4 Å². The Labute approximate surface area is 171 Å². The van der Waals surface area contributed by atoms with E-state index in [1.807, 2.05) is 17.9 Å². The molecular weight excluding hydrogens is 405 g/mol. The van der Waals surface area contributed by atoms with Gasteiger partial charge in [-0.25, -0.2) is 9.48 Å². The third kappa shape index (κ3) is 5.57. The molecule has 30 heavy (non-hydrogen) atoms. The molecule has 2 aliphatic rings. The molecule has 0 aromatic carbocycles. The highest BCUT2D eigenvalue weighted by molar-refractivity contribution is 5.73. The van der Waals surface area contributed by atoms with Crippen LogP contribution < -0.4 is 0 Å². The second-order valence-corrected chi connectivity index (χ2v) is 7.56. The average Bonchev–Trinajstić information content (AvgIpc) is 3.25. The number of hydrogen-bond acceptors (Lipinski definition) is 6. The third-order valence-corrected chi connectivity index (χ3v) is 5.10. The number of hydrogen-bond donors (Lipinski definition) is 1. The van der Waals surface area contributed by atoms with Crippen LogP contribution in [-0.4, -0.2) is 67.2 Å². The summed E-state index contributed by atoms with van der Waals surface area (Å²) < 4.78 is 41.2. The second kappa shape index (κ2) is 9.13. The van der Waals surface area contributed by atoms with Gasteiger partial charge in [-0.2, -0.15) is 18.3 Å². The first-order valence-corrected chi connectivity index (χ1v) is 9.62. The van der Waals surface area contributed by atoms with Crippen LogP contribution in [0, 0.1) is 5.92 Å². The fourth-order valence-corrected chi connectivity index (χ4v) is 3.45. The van der Waals surface area contributed by atoms with Crippen LogP contribution in [0.25, 0.3) is 0 Å². The molecule has 1 N–H and O–H groups in total. The maximum Gasteiger partial charge on any atom is 0.490 e. The number of fused-ring (bicyclic) bond motifs is 1. The van der Waals surface area contributed by atoms with Gasteiger partial charge in [0.2, 0.25) is 0 Å². The number of aryl methyl sites for hydroxylation is 1. The molecule has 4 rings (SSSR count). The number of aliphatic carboxylic acids is 1. The van der Waals surface area contributed by atoms with Gasteiger partial charge in [0, 0.05) is 52.0 Å². The van der Waals surface area contributed by atoms with Gasteiger partial charge in [-0.05, 0) is 18.8 Å². The summed E-state index contributed by atoms with van der Waals surface area (Å²) in [5.41, 5.74) is 3.63. The summed E-state index contributed by atoms with van der Waals surface area (Å²) in [5.74, 6) is -1.94. The van der Waals surface area contributed by atoms with Crippen molar-refractivity contribution in [1.82, 2.24) is 29.7 Å². The number of halogens is 3. The molecule has 0 radical (unpaired) electrons. The second-order valence-electron chi connectivity index (χ2n) is 7.56. The van der Waals surface area contributed by atoms with E-state index in [0.717, 1.165) is 37.7 Å². The van der Waals surface area contributed by atoms with Gasteiger partial charge in [0.15, 0.2) is 0 Å². The molecule has 1 aliphatic heterocycles. The van der Waals surface area contributed by atoms with Gasteiger partial charge in [-0.1, -0.05) is 5.21 Å². The van der Waals surface area contributed by atoms with Crippen LogP contribution >= 0.6 is 0 Å². The minimum Gasteiger partial charge on any atom is -0.475 e. The number of nitrogens with zero attached hydrogens (tertiary/aromatic N) is 6. The van der Waals surface area contributed by atoms with Gasteiger partial charge in [0.05, 0.1) is 24.5 Å². The summed E-state index contributed by atoms with van der Waals surface area (Å²) in [6.45, 7) is 3.56. The predicted octanol–water partition coefficient (Wildman–Crippen LogP) is 1.80. The van der Waals surface area contributed by atoms with Crippen LogP contribution in [0.3, 0.4) is 0 Å². The van der Waals surface area contributed by atoms with E-state index >= 15 is 0 Å². The van der Waals surface area contributed by atoms with Crippen LogP contribution in [0.1, 0.15) is 35.8 Å². The normalized spacial score (nSPS) is 19.2. The summed E-state index contributed by atoms with van der Waals surface area (Å²) >= 11 is 0. The summed E-state index contributed by atoms with van der Waals surface area (Å²) in [5, 5.41) is 20.3. The maximum absolute atomic E-state index is 10.6. The molecule has 1 fully saturated rings. The summed E-state index contributed by atoms with van der Waals surface area (Å²) in [4.78, 5) is 11.3. The summed E-state index contributed by atoms with van der Waals surface area (Å²) in [7, 11) is 3.71. The molecule has 1 saturated carbocycles. The zero-order chi connectivity index (χ0) is 21.9. The van der Waals surface area contributed by atoms with Gasteiger partial charge in [-0.3, -0.25) is 9.58 Å². The molecule has 0 saturated heterocycles. The van der Waals surface area contributed by atoms with Crippen molar-refractivity contribution in [2.75, 3.05) is 20.3 Å². The lowest BCUT2D eigenvalue weighted by Gasteiger charge is -2.34. The van der Waals surface area contributed by atoms with Gasteiger partial charge >= 0.3 is 12.1 Å². The minimum absolute atomic E-state index is 0.178. The fraction of sp³-hybridized carbons (Fsp3) is 0.667. The highest BCUT2D eigenvalue weighted by Crippen LogP contribution is 2.34. The molecule has 1 aliphatic carbocycles. The van der Waals surface area contributed by atoms with E-state index in [4.69, 9.17) is 14.6 Å². The van der Waals surface area contributed by atoms with Crippen LogP contribution in [0.2, 0.25) is 0 Å². The van der Waals surface area contributed by atoms with Gasteiger partial charge in [0.1, 0.15) is 5.69 Å². The first kappa shape index (κ1) is 22.2. The van der Waals surface area contributed by atoms with Crippen LogP contribution in [-0.2, 0) is 36.1 Å². The zero-order valence-corrected chi connectivity index (χ0v) is 16.8. The number of methoxy groups -OCH3 is 1. The molecule has 3 heterocycles. The largest absolute Gasteiger partial charge is 0.490 e. The van der Waals surface area contributed by atoms with E-state index in [-0.39, 0.29) is 6.04 Å².